The van der Waals surface area contributed by atoms with Gasteiger partial charge in [0.05, 0.1) is 11.8 Å². The maximum Gasteiger partial charge on any atom is 0.246 e. The Morgan fingerprint density at radius 1 is 1.61 bits per heavy atom. The standard InChI is InChI=1S/C13H21N3O2/c1-5-16(10-13(2,3)18)12(17)7-6-11-8-14-15(4)9-11/h6-9,18H,5,10H2,1-4H3. The highest BCUT2D eigenvalue weighted by Gasteiger charge is 2.19. The molecule has 0 spiro atoms. The summed E-state index contributed by atoms with van der Waals surface area (Å²) in [7, 11) is 1.83. The molecule has 1 rings (SSSR count). The summed E-state index contributed by atoms with van der Waals surface area (Å²) in [4.78, 5) is 13.5. The molecule has 1 N–H and O–H groups in total. The number of amides is 1. The van der Waals surface area contributed by atoms with Gasteiger partial charge in [-0.25, -0.2) is 0 Å². The topological polar surface area (TPSA) is 58.4 Å². The minimum atomic E-state index is -0.881. The maximum absolute atomic E-state index is 11.9. The first-order valence-corrected chi connectivity index (χ1v) is 6.00. The van der Waals surface area contributed by atoms with Gasteiger partial charge in [-0.05, 0) is 26.8 Å². The van der Waals surface area contributed by atoms with Crippen molar-refractivity contribution in [3.63, 3.8) is 0 Å². The van der Waals surface area contributed by atoms with Gasteiger partial charge in [0.15, 0.2) is 0 Å². The van der Waals surface area contributed by atoms with Gasteiger partial charge in [-0.2, -0.15) is 5.10 Å². The van der Waals surface area contributed by atoms with Crippen LogP contribution in [0.2, 0.25) is 0 Å². The minimum Gasteiger partial charge on any atom is -0.389 e. The van der Waals surface area contributed by atoms with E-state index in [-0.39, 0.29) is 5.91 Å². The smallest absolute Gasteiger partial charge is 0.246 e. The first kappa shape index (κ1) is 14.4. The van der Waals surface area contributed by atoms with E-state index in [9.17, 15) is 9.90 Å². The summed E-state index contributed by atoms with van der Waals surface area (Å²) in [5.74, 6) is -0.108. The van der Waals surface area contributed by atoms with E-state index in [1.807, 2.05) is 20.2 Å². The number of carbonyl (C=O) groups is 1. The van der Waals surface area contributed by atoms with Gasteiger partial charge in [0, 0.05) is 38.0 Å². The number of aliphatic hydroxyl groups is 1. The number of carbonyl (C=O) groups excluding carboxylic acids is 1. The summed E-state index contributed by atoms with van der Waals surface area (Å²) in [5, 5.41) is 13.7. The highest BCUT2D eigenvalue weighted by molar-refractivity contribution is 5.91. The third-order valence-corrected chi connectivity index (χ3v) is 2.41. The molecule has 0 saturated heterocycles. The van der Waals surface area contributed by atoms with E-state index in [4.69, 9.17) is 0 Å². The first-order chi connectivity index (χ1) is 8.31. The molecule has 0 aromatic carbocycles. The molecular formula is C13H21N3O2. The average molecular weight is 251 g/mol. The predicted octanol–water partition coefficient (Wildman–Crippen LogP) is 1.05. The second-order valence-corrected chi connectivity index (χ2v) is 4.95. The highest BCUT2D eigenvalue weighted by Crippen LogP contribution is 2.06. The molecular weight excluding hydrogens is 230 g/mol. The quantitative estimate of drug-likeness (QED) is 0.796. The number of hydrogen-bond donors (Lipinski definition) is 1. The Hall–Kier alpha value is -1.62. The SMILES string of the molecule is CCN(CC(C)(C)O)C(=O)C=Cc1cnn(C)c1. The molecule has 1 amide bonds. The normalized spacial score (nSPS) is 12.1. The summed E-state index contributed by atoms with van der Waals surface area (Å²) in [5.41, 5.74) is -0.00136. The maximum atomic E-state index is 11.9. The number of aryl methyl sites for hydroxylation is 1. The van der Waals surface area contributed by atoms with Crippen molar-refractivity contribution < 1.29 is 9.90 Å². The van der Waals surface area contributed by atoms with Crippen LogP contribution in [0, 0.1) is 0 Å². The minimum absolute atomic E-state index is 0.108. The fraction of sp³-hybridized carbons (Fsp3) is 0.538. The van der Waals surface area contributed by atoms with Gasteiger partial charge in [0.2, 0.25) is 5.91 Å². The van der Waals surface area contributed by atoms with Crippen LogP contribution in [-0.2, 0) is 11.8 Å². The fourth-order valence-electron chi connectivity index (χ4n) is 1.61. The Balaban J connectivity index is 2.65. The third-order valence-electron chi connectivity index (χ3n) is 2.41. The molecule has 0 bridgehead atoms. The van der Waals surface area contributed by atoms with Crippen LogP contribution < -0.4 is 0 Å². The first-order valence-electron chi connectivity index (χ1n) is 6.00. The van der Waals surface area contributed by atoms with Crippen LogP contribution in [0.4, 0.5) is 0 Å². The van der Waals surface area contributed by atoms with E-state index in [2.05, 4.69) is 5.10 Å². The van der Waals surface area contributed by atoms with E-state index in [0.29, 0.717) is 13.1 Å². The van der Waals surface area contributed by atoms with E-state index >= 15 is 0 Å². The van der Waals surface area contributed by atoms with Crippen LogP contribution in [0.1, 0.15) is 26.3 Å². The van der Waals surface area contributed by atoms with Gasteiger partial charge in [0.25, 0.3) is 0 Å². The van der Waals surface area contributed by atoms with E-state index < -0.39 is 5.60 Å². The lowest BCUT2D eigenvalue weighted by molar-refractivity contribution is -0.128. The molecule has 0 aliphatic rings. The van der Waals surface area contributed by atoms with Gasteiger partial charge >= 0.3 is 0 Å². The molecule has 0 unspecified atom stereocenters. The van der Waals surface area contributed by atoms with Gasteiger partial charge in [0.1, 0.15) is 0 Å². The zero-order valence-corrected chi connectivity index (χ0v) is 11.4. The molecule has 5 heteroatoms. The molecule has 0 fully saturated rings. The molecule has 18 heavy (non-hydrogen) atoms. The molecule has 100 valence electrons. The number of hydrogen-bond acceptors (Lipinski definition) is 3. The lowest BCUT2D eigenvalue weighted by atomic mass is 10.1. The lowest BCUT2D eigenvalue weighted by Crippen LogP contribution is -2.41. The van der Waals surface area contributed by atoms with E-state index in [1.54, 1.807) is 35.7 Å². The van der Waals surface area contributed by atoms with Crippen LogP contribution in [0.5, 0.6) is 0 Å². The second kappa shape index (κ2) is 5.82. The van der Waals surface area contributed by atoms with Gasteiger partial charge in [-0.1, -0.05) is 0 Å². The average Bonchev–Trinajstić information content (AvgIpc) is 2.67. The molecule has 0 saturated carbocycles. The molecule has 0 atom stereocenters. The van der Waals surface area contributed by atoms with Crippen molar-refractivity contribution in [3.05, 3.63) is 24.0 Å². The fourth-order valence-corrected chi connectivity index (χ4v) is 1.61. The lowest BCUT2D eigenvalue weighted by Gasteiger charge is -2.27. The van der Waals surface area contributed by atoms with Crippen LogP contribution >= 0.6 is 0 Å². The van der Waals surface area contributed by atoms with Crippen LogP contribution in [-0.4, -0.2) is 44.4 Å². The van der Waals surface area contributed by atoms with E-state index in [1.165, 1.54) is 6.08 Å². The Bertz CT molecular complexity index is 430. The third kappa shape index (κ3) is 4.71. The van der Waals surface area contributed by atoms with Crippen molar-refractivity contribution in [2.24, 2.45) is 7.05 Å². The summed E-state index contributed by atoms with van der Waals surface area (Å²) in [6.45, 7) is 6.16. The number of rotatable bonds is 5. The number of likely N-dealkylation sites (N-methyl/N-ethyl adjacent to an activating group) is 1. The molecule has 0 aliphatic heterocycles. The second-order valence-electron chi connectivity index (χ2n) is 4.95. The molecule has 5 nitrogen and oxygen atoms in total. The van der Waals surface area contributed by atoms with Crippen LogP contribution in [0.15, 0.2) is 18.5 Å². The van der Waals surface area contributed by atoms with Crippen LogP contribution in [0.3, 0.4) is 0 Å². The zero-order valence-electron chi connectivity index (χ0n) is 11.4. The monoisotopic (exact) mass is 251 g/mol. The zero-order chi connectivity index (χ0) is 13.8. The molecule has 1 aromatic heterocycles. The van der Waals surface area contributed by atoms with Crippen molar-refractivity contribution in [3.8, 4) is 0 Å². The van der Waals surface area contributed by atoms with Gasteiger partial charge in [-0.3, -0.25) is 9.48 Å². The molecule has 0 aliphatic carbocycles. The summed E-state index contributed by atoms with van der Waals surface area (Å²) < 4.78 is 1.68. The van der Waals surface area contributed by atoms with Crippen molar-refractivity contribution in [2.75, 3.05) is 13.1 Å². The van der Waals surface area contributed by atoms with Crippen molar-refractivity contribution >= 4 is 12.0 Å². The Labute approximate surface area is 108 Å². The predicted molar refractivity (Wildman–Crippen MR) is 70.8 cm³/mol. The van der Waals surface area contributed by atoms with Crippen molar-refractivity contribution in [1.82, 2.24) is 14.7 Å². The number of aromatic nitrogens is 2. The van der Waals surface area contributed by atoms with Gasteiger partial charge in [-0.15, -0.1) is 0 Å². The van der Waals surface area contributed by atoms with Gasteiger partial charge < -0.3 is 10.0 Å². The van der Waals surface area contributed by atoms with Crippen molar-refractivity contribution in [1.29, 1.82) is 0 Å². The number of nitrogens with zero attached hydrogens (tertiary/aromatic N) is 3. The summed E-state index contributed by atoms with van der Waals surface area (Å²) >= 11 is 0. The van der Waals surface area contributed by atoms with E-state index in [0.717, 1.165) is 5.56 Å². The molecule has 0 radical (unpaired) electrons. The molecule has 1 aromatic rings. The Morgan fingerprint density at radius 3 is 2.72 bits per heavy atom. The van der Waals surface area contributed by atoms with Crippen molar-refractivity contribution in [2.45, 2.75) is 26.4 Å². The molecule has 1 heterocycles. The summed E-state index contributed by atoms with van der Waals surface area (Å²) in [6, 6.07) is 0. The summed E-state index contributed by atoms with van der Waals surface area (Å²) in [6.07, 6.45) is 6.75. The Kier molecular flexibility index (Phi) is 4.67. The Morgan fingerprint density at radius 2 is 2.28 bits per heavy atom. The highest BCUT2D eigenvalue weighted by atomic mass is 16.3. The largest absolute Gasteiger partial charge is 0.389 e. The van der Waals surface area contributed by atoms with Crippen LogP contribution in [0.25, 0.3) is 6.08 Å².